The minimum absolute atomic E-state index is 0.0867. The summed E-state index contributed by atoms with van der Waals surface area (Å²) in [6, 6.07) is 0. The molecule has 0 atom stereocenters. The molecule has 0 fully saturated rings. The number of aryl methyl sites for hydroxylation is 1. The molecule has 3 nitrogen and oxygen atoms in total. The minimum Gasteiger partial charge on any atom is -0.309 e. The first-order valence-electron chi connectivity index (χ1n) is 5.25. The summed E-state index contributed by atoms with van der Waals surface area (Å²) in [5.74, 6) is 1.49. The van der Waals surface area contributed by atoms with Gasteiger partial charge in [0.15, 0.2) is 0 Å². The van der Waals surface area contributed by atoms with Gasteiger partial charge >= 0.3 is 0 Å². The van der Waals surface area contributed by atoms with E-state index in [2.05, 4.69) is 46.7 Å². The normalized spacial score (nSPS) is 11.8. The first-order chi connectivity index (χ1) is 7.33. The zero-order valence-electron chi connectivity index (χ0n) is 10.1. The van der Waals surface area contributed by atoms with Crippen molar-refractivity contribution in [1.29, 1.82) is 0 Å². The van der Waals surface area contributed by atoms with Gasteiger partial charge in [0.25, 0.3) is 5.56 Å². The van der Waals surface area contributed by atoms with Gasteiger partial charge in [0, 0.05) is 4.75 Å². The zero-order valence-corrected chi connectivity index (χ0v) is 12.5. The molecule has 0 unspecified atom stereocenters. The van der Waals surface area contributed by atoms with E-state index in [0.717, 1.165) is 23.7 Å². The van der Waals surface area contributed by atoms with Crippen LogP contribution in [0, 0.1) is 0 Å². The van der Waals surface area contributed by atoms with Gasteiger partial charge in [-0.25, -0.2) is 4.98 Å². The molecule has 1 heterocycles. The Balaban J connectivity index is 2.91. The van der Waals surface area contributed by atoms with Crippen molar-refractivity contribution in [1.82, 2.24) is 9.97 Å². The van der Waals surface area contributed by atoms with Crippen LogP contribution in [0.2, 0.25) is 0 Å². The van der Waals surface area contributed by atoms with E-state index in [0.29, 0.717) is 4.47 Å². The quantitative estimate of drug-likeness (QED) is 0.933. The lowest BCUT2D eigenvalue weighted by molar-refractivity contribution is 0.798. The highest BCUT2D eigenvalue weighted by Crippen LogP contribution is 2.26. The molecule has 1 N–H and O–H groups in total. The first-order valence-corrected chi connectivity index (χ1v) is 7.03. The van der Waals surface area contributed by atoms with E-state index in [1.807, 2.05) is 6.92 Å². The van der Waals surface area contributed by atoms with E-state index in [1.54, 1.807) is 11.8 Å². The largest absolute Gasteiger partial charge is 0.309 e. The number of rotatable bonds is 3. The Bertz CT molecular complexity index is 423. The predicted molar refractivity (Wildman–Crippen MR) is 73.0 cm³/mol. The van der Waals surface area contributed by atoms with Crippen LogP contribution in [0.4, 0.5) is 0 Å². The number of thioether (sulfide) groups is 1. The van der Waals surface area contributed by atoms with Crippen LogP contribution < -0.4 is 5.56 Å². The lowest BCUT2D eigenvalue weighted by atomic mass is 10.3. The number of halogens is 1. The average molecular weight is 305 g/mol. The van der Waals surface area contributed by atoms with Gasteiger partial charge in [0.05, 0.1) is 11.4 Å². The van der Waals surface area contributed by atoms with Crippen LogP contribution >= 0.6 is 27.7 Å². The average Bonchev–Trinajstić information content (AvgIpc) is 2.18. The maximum absolute atomic E-state index is 11.6. The van der Waals surface area contributed by atoms with Gasteiger partial charge in [-0.05, 0) is 22.4 Å². The van der Waals surface area contributed by atoms with E-state index < -0.39 is 0 Å². The predicted octanol–water partition coefficient (Wildman–Crippen LogP) is 3.13. The van der Waals surface area contributed by atoms with Gasteiger partial charge < -0.3 is 4.98 Å². The van der Waals surface area contributed by atoms with Crippen LogP contribution in [-0.2, 0) is 12.2 Å². The third-order valence-electron chi connectivity index (χ3n) is 1.96. The van der Waals surface area contributed by atoms with Gasteiger partial charge in [-0.2, -0.15) is 0 Å². The van der Waals surface area contributed by atoms with Crippen molar-refractivity contribution in [3.05, 3.63) is 26.3 Å². The fraction of sp³-hybridized carbons (Fsp3) is 0.636. The van der Waals surface area contributed by atoms with E-state index in [4.69, 9.17) is 0 Å². The highest BCUT2D eigenvalue weighted by Gasteiger charge is 2.13. The number of H-pyrrole nitrogens is 1. The van der Waals surface area contributed by atoms with Gasteiger partial charge in [0.2, 0.25) is 0 Å². The molecular formula is C11H17BrN2OS. The molecule has 0 aliphatic carbocycles. The second-order valence-corrected chi connectivity index (χ2v) is 7.12. The molecule has 0 saturated carbocycles. The van der Waals surface area contributed by atoms with Crippen LogP contribution in [0.5, 0.6) is 0 Å². The van der Waals surface area contributed by atoms with Crippen LogP contribution in [0.15, 0.2) is 9.27 Å². The molecular weight excluding hydrogens is 288 g/mol. The van der Waals surface area contributed by atoms with Gasteiger partial charge in [-0.3, -0.25) is 4.79 Å². The number of hydrogen-bond donors (Lipinski definition) is 1. The molecule has 1 aromatic heterocycles. The number of aromatic amines is 1. The van der Waals surface area contributed by atoms with E-state index in [-0.39, 0.29) is 10.3 Å². The topological polar surface area (TPSA) is 45.8 Å². The van der Waals surface area contributed by atoms with Crippen molar-refractivity contribution in [3.63, 3.8) is 0 Å². The molecule has 1 rings (SSSR count). The van der Waals surface area contributed by atoms with Crippen LogP contribution in [0.25, 0.3) is 0 Å². The second kappa shape index (κ2) is 5.36. The van der Waals surface area contributed by atoms with Crippen molar-refractivity contribution in [2.45, 2.75) is 44.6 Å². The first kappa shape index (κ1) is 13.8. The third-order valence-corrected chi connectivity index (χ3v) is 4.06. The summed E-state index contributed by atoms with van der Waals surface area (Å²) in [7, 11) is 0. The highest BCUT2D eigenvalue weighted by atomic mass is 79.9. The van der Waals surface area contributed by atoms with Crippen molar-refractivity contribution in [2.24, 2.45) is 0 Å². The summed E-state index contributed by atoms with van der Waals surface area (Å²) in [4.78, 5) is 18.8. The molecule has 1 aromatic rings. The van der Waals surface area contributed by atoms with Crippen molar-refractivity contribution >= 4 is 27.7 Å². The molecule has 0 spiro atoms. The molecule has 0 radical (unpaired) electrons. The fourth-order valence-corrected chi connectivity index (χ4v) is 2.32. The molecule has 5 heteroatoms. The monoisotopic (exact) mass is 304 g/mol. The van der Waals surface area contributed by atoms with Crippen LogP contribution in [0.1, 0.15) is 39.2 Å². The van der Waals surface area contributed by atoms with Crippen molar-refractivity contribution < 1.29 is 0 Å². The molecule has 90 valence electrons. The van der Waals surface area contributed by atoms with E-state index >= 15 is 0 Å². The molecule has 0 aromatic carbocycles. The van der Waals surface area contributed by atoms with Crippen LogP contribution in [0.3, 0.4) is 0 Å². The maximum Gasteiger partial charge on any atom is 0.265 e. The summed E-state index contributed by atoms with van der Waals surface area (Å²) < 4.78 is 0.734. The maximum atomic E-state index is 11.6. The molecule has 16 heavy (non-hydrogen) atoms. The summed E-state index contributed by atoms with van der Waals surface area (Å²) in [5, 5.41) is 0. The molecule has 0 aliphatic heterocycles. The van der Waals surface area contributed by atoms with E-state index in [1.165, 1.54) is 0 Å². The Labute approximate surface area is 109 Å². The Kier molecular flexibility index (Phi) is 4.62. The standard InChI is InChI=1S/C11H17BrN2OS/c1-5-7-9(12)10(15)14-8(13-7)6-16-11(2,3)4/h5-6H2,1-4H3,(H,13,14,15). The Morgan fingerprint density at radius 3 is 2.56 bits per heavy atom. The summed E-state index contributed by atoms with van der Waals surface area (Å²) in [6.45, 7) is 8.44. The molecule has 0 bridgehead atoms. The Morgan fingerprint density at radius 1 is 1.44 bits per heavy atom. The summed E-state index contributed by atoms with van der Waals surface area (Å²) >= 11 is 5.02. The van der Waals surface area contributed by atoms with Crippen molar-refractivity contribution in [3.8, 4) is 0 Å². The van der Waals surface area contributed by atoms with Gasteiger partial charge in [-0.1, -0.05) is 27.7 Å². The SMILES string of the molecule is CCc1nc(CSC(C)(C)C)[nH]c(=O)c1Br. The molecule has 0 amide bonds. The molecule has 0 aliphatic rings. The lowest BCUT2D eigenvalue weighted by Gasteiger charge is -2.17. The highest BCUT2D eigenvalue weighted by molar-refractivity contribution is 9.10. The van der Waals surface area contributed by atoms with Crippen LogP contribution in [-0.4, -0.2) is 14.7 Å². The van der Waals surface area contributed by atoms with E-state index in [9.17, 15) is 4.79 Å². The Hall–Kier alpha value is -0.290. The third kappa shape index (κ3) is 3.94. The lowest BCUT2D eigenvalue weighted by Crippen LogP contribution is -2.16. The minimum atomic E-state index is -0.0867. The fourth-order valence-electron chi connectivity index (χ4n) is 1.14. The number of nitrogens with one attached hydrogen (secondary N) is 1. The summed E-state index contributed by atoms with van der Waals surface area (Å²) in [5.41, 5.74) is 0.740. The number of aromatic nitrogens is 2. The van der Waals surface area contributed by atoms with Crippen molar-refractivity contribution in [2.75, 3.05) is 0 Å². The molecule has 0 saturated heterocycles. The number of nitrogens with zero attached hydrogens (tertiary/aromatic N) is 1. The Morgan fingerprint density at radius 2 is 2.06 bits per heavy atom. The second-order valence-electron chi connectivity index (χ2n) is 4.53. The van der Waals surface area contributed by atoms with Gasteiger partial charge in [-0.15, -0.1) is 11.8 Å². The smallest absolute Gasteiger partial charge is 0.265 e. The number of hydrogen-bond acceptors (Lipinski definition) is 3. The summed E-state index contributed by atoms with van der Waals surface area (Å²) in [6.07, 6.45) is 0.762. The zero-order chi connectivity index (χ0) is 12.3. The van der Waals surface area contributed by atoms with Gasteiger partial charge in [0.1, 0.15) is 10.3 Å².